The fourth-order valence-corrected chi connectivity index (χ4v) is 4.26. The number of hydrogen-bond acceptors (Lipinski definition) is 5. The topological polar surface area (TPSA) is 82.3 Å². The van der Waals surface area contributed by atoms with Crippen molar-refractivity contribution in [2.45, 2.75) is 20.0 Å². The lowest BCUT2D eigenvalue weighted by Crippen LogP contribution is -2.41. The minimum absolute atomic E-state index is 0.0396. The highest BCUT2D eigenvalue weighted by Gasteiger charge is 2.17. The Balaban J connectivity index is 1.69. The number of fused-ring (bicyclic) bond motifs is 1. The van der Waals surface area contributed by atoms with Gasteiger partial charge in [0, 0.05) is 5.69 Å². The first-order valence-corrected chi connectivity index (χ1v) is 10.8. The van der Waals surface area contributed by atoms with Crippen LogP contribution in [-0.4, -0.2) is 21.6 Å². The van der Waals surface area contributed by atoms with Gasteiger partial charge < -0.3 is 10.1 Å². The van der Waals surface area contributed by atoms with Crippen LogP contribution < -0.4 is 21.3 Å². The van der Waals surface area contributed by atoms with Gasteiger partial charge in [-0.2, -0.15) is 0 Å². The van der Waals surface area contributed by atoms with Crippen LogP contribution in [0.1, 0.15) is 12.5 Å². The van der Waals surface area contributed by atoms with E-state index >= 15 is 0 Å². The molecule has 7 nitrogen and oxygen atoms in total. The lowest BCUT2D eigenvalue weighted by Gasteiger charge is -2.13. The zero-order chi connectivity index (χ0) is 22.7. The maximum absolute atomic E-state index is 13.4. The molecule has 0 aliphatic rings. The Morgan fingerprint density at radius 3 is 2.69 bits per heavy atom. The molecule has 0 aliphatic carbocycles. The summed E-state index contributed by atoms with van der Waals surface area (Å²) in [7, 11) is 0. The second-order valence-corrected chi connectivity index (χ2v) is 7.95. The molecule has 4 aromatic rings. The summed E-state index contributed by atoms with van der Waals surface area (Å²) >= 11 is 1.21. The molecule has 0 saturated heterocycles. The van der Waals surface area contributed by atoms with Crippen LogP contribution in [0.3, 0.4) is 0 Å². The fraction of sp³-hybridized carbons (Fsp3) is 0.174. The number of rotatable bonds is 7. The standard InChI is InChI=1S/C23H20FN3O4S/c1-2-31-18-8-3-5-15(11-18)13-27-22(29)21-19(9-10-32-21)26(23(27)30)14-20(28)25-17-7-4-6-16(24)12-17/h3-12H,2,13-14H2,1H3,(H,25,28). The smallest absolute Gasteiger partial charge is 0.332 e. The molecule has 0 fully saturated rings. The SMILES string of the molecule is CCOc1cccc(Cn2c(=O)c3sccc3n(CC(=O)Nc3cccc(F)c3)c2=O)c1. The summed E-state index contributed by atoms with van der Waals surface area (Å²) in [6.07, 6.45) is 0. The van der Waals surface area contributed by atoms with E-state index in [9.17, 15) is 18.8 Å². The highest BCUT2D eigenvalue weighted by molar-refractivity contribution is 7.17. The van der Waals surface area contributed by atoms with Crippen molar-refractivity contribution in [2.24, 2.45) is 0 Å². The van der Waals surface area contributed by atoms with E-state index in [1.54, 1.807) is 41.8 Å². The van der Waals surface area contributed by atoms with Crippen LogP contribution in [0, 0.1) is 5.82 Å². The van der Waals surface area contributed by atoms with E-state index < -0.39 is 23.0 Å². The minimum Gasteiger partial charge on any atom is -0.494 e. The third-order valence-corrected chi connectivity index (χ3v) is 5.69. The molecule has 164 valence electrons. The number of carbonyl (C=O) groups is 1. The quantitative estimate of drug-likeness (QED) is 0.465. The number of benzene rings is 2. The van der Waals surface area contributed by atoms with Gasteiger partial charge in [0.05, 0.1) is 18.7 Å². The number of amides is 1. The summed E-state index contributed by atoms with van der Waals surface area (Å²) in [6, 6.07) is 14.3. The molecule has 0 atom stereocenters. The third kappa shape index (κ3) is 4.47. The number of anilines is 1. The first-order chi connectivity index (χ1) is 15.5. The maximum atomic E-state index is 13.4. The van der Waals surface area contributed by atoms with Gasteiger partial charge in [0.15, 0.2) is 0 Å². The first kappa shape index (κ1) is 21.5. The molecule has 4 rings (SSSR count). The van der Waals surface area contributed by atoms with E-state index in [0.29, 0.717) is 22.6 Å². The maximum Gasteiger partial charge on any atom is 0.332 e. The number of nitrogens with one attached hydrogen (secondary N) is 1. The highest BCUT2D eigenvalue weighted by atomic mass is 32.1. The van der Waals surface area contributed by atoms with Crippen LogP contribution in [0.4, 0.5) is 10.1 Å². The van der Waals surface area contributed by atoms with Crippen LogP contribution in [0.15, 0.2) is 69.6 Å². The minimum atomic E-state index is -0.600. The Bertz CT molecular complexity index is 1410. The average Bonchev–Trinajstić information content (AvgIpc) is 3.25. The second kappa shape index (κ2) is 9.19. The van der Waals surface area contributed by atoms with Crippen LogP contribution in [0.2, 0.25) is 0 Å². The van der Waals surface area contributed by atoms with Gasteiger partial charge in [-0.25, -0.2) is 9.18 Å². The van der Waals surface area contributed by atoms with Gasteiger partial charge in [-0.1, -0.05) is 18.2 Å². The van der Waals surface area contributed by atoms with Crippen molar-refractivity contribution in [1.82, 2.24) is 9.13 Å². The van der Waals surface area contributed by atoms with Crippen molar-refractivity contribution in [2.75, 3.05) is 11.9 Å². The molecule has 1 amide bonds. The fourth-order valence-electron chi connectivity index (χ4n) is 3.42. The summed E-state index contributed by atoms with van der Waals surface area (Å²) < 4.78 is 21.6. The Kier molecular flexibility index (Phi) is 6.18. The van der Waals surface area contributed by atoms with Gasteiger partial charge >= 0.3 is 5.69 Å². The van der Waals surface area contributed by atoms with E-state index in [4.69, 9.17) is 4.74 Å². The van der Waals surface area contributed by atoms with Crippen LogP contribution >= 0.6 is 11.3 Å². The largest absolute Gasteiger partial charge is 0.494 e. The second-order valence-electron chi connectivity index (χ2n) is 7.03. The molecule has 32 heavy (non-hydrogen) atoms. The van der Waals surface area contributed by atoms with E-state index in [1.807, 2.05) is 6.92 Å². The summed E-state index contributed by atoms with van der Waals surface area (Å²) in [5.41, 5.74) is 0.381. The summed E-state index contributed by atoms with van der Waals surface area (Å²) in [6.45, 7) is 2.09. The molecule has 1 N–H and O–H groups in total. The van der Waals surface area contributed by atoms with E-state index in [-0.39, 0.29) is 18.8 Å². The lowest BCUT2D eigenvalue weighted by atomic mass is 10.2. The van der Waals surface area contributed by atoms with Gasteiger partial charge in [-0.05, 0) is 54.3 Å². The molecule has 2 aromatic heterocycles. The molecule has 0 bridgehead atoms. The summed E-state index contributed by atoms with van der Waals surface area (Å²) in [4.78, 5) is 38.8. The molecule has 2 aromatic carbocycles. The molecule has 0 saturated carbocycles. The van der Waals surface area contributed by atoms with Gasteiger partial charge in [-0.15, -0.1) is 11.3 Å². The Labute approximate surface area is 186 Å². The van der Waals surface area contributed by atoms with Crippen LogP contribution in [-0.2, 0) is 17.9 Å². The molecular weight excluding hydrogens is 433 g/mol. The van der Waals surface area contributed by atoms with Gasteiger partial charge in [0.1, 0.15) is 22.8 Å². The normalized spacial score (nSPS) is 10.9. The third-order valence-electron chi connectivity index (χ3n) is 4.80. The van der Waals surface area contributed by atoms with Crippen molar-refractivity contribution < 1.29 is 13.9 Å². The van der Waals surface area contributed by atoms with Gasteiger partial charge in [0.2, 0.25) is 5.91 Å². The Hall–Kier alpha value is -3.72. The van der Waals surface area contributed by atoms with Crippen molar-refractivity contribution in [3.63, 3.8) is 0 Å². The predicted octanol–water partition coefficient (Wildman–Crippen LogP) is 3.45. The molecule has 0 spiro atoms. The molecule has 0 radical (unpaired) electrons. The van der Waals surface area contributed by atoms with E-state index in [2.05, 4.69) is 5.32 Å². The van der Waals surface area contributed by atoms with Crippen LogP contribution in [0.5, 0.6) is 5.75 Å². The zero-order valence-electron chi connectivity index (χ0n) is 17.2. The molecule has 9 heteroatoms. The van der Waals surface area contributed by atoms with E-state index in [1.165, 1.54) is 34.1 Å². The Morgan fingerprint density at radius 2 is 1.91 bits per heavy atom. The lowest BCUT2D eigenvalue weighted by molar-refractivity contribution is -0.116. The number of carbonyl (C=O) groups excluding carboxylic acids is 1. The number of hydrogen-bond donors (Lipinski definition) is 1. The first-order valence-electron chi connectivity index (χ1n) is 9.94. The predicted molar refractivity (Wildman–Crippen MR) is 122 cm³/mol. The monoisotopic (exact) mass is 453 g/mol. The Morgan fingerprint density at radius 1 is 1.09 bits per heavy atom. The number of thiophene rings is 1. The average molecular weight is 453 g/mol. The van der Waals surface area contributed by atoms with Crippen molar-refractivity contribution in [3.8, 4) is 5.75 Å². The number of ether oxygens (including phenoxy) is 1. The molecule has 0 unspecified atom stereocenters. The van der Waals surface area contributed by atoms with Gasteiger partial charge in [-0.3, -0.25) is 18.7 Å². The van der Waals surface area contributed by atoms with Crippen molar-refractivity contribution >= 4 is 33.1 Å². The summed E-state index contributed by atoms with van der Waals surface area (Å²) in [5.74, 6) is -0.346. The number of aromatic nitrogens is 2. The van der Waals surface area contributed by atoms with Crippen LogP contribution in [0.25, 0.3) is 10.2 Å². The zero-order valence-corrected chi connectivity index (χ0v) is 18.0. The summed E-state index contributed by atoms with van der Waals surface area (Å²) in [5, 5.41) is 4.28. The molecule has 0 aliphatic heterocycles. The van der Waals surface area contributed by atoms with Gasteiger partial charge in [0.25, 0.3) is 5.56 Å². The molecule has 2 heterocycles. The van der Waals surface area contributed by atoms with E-state index in [0.717, 1.165) is 10.1 Å². The van der Waals surface area contributed by atoms with Crippen molar-refractivity contribution in [1.29, 1.82) is 0 Å². The molecular formula is C23H20FN3O4S. The number of halogens is 1. The van der Waals surface area contributed by atoms with Crippen molar-refractivity contribution in [3.05, 3.63) is 92.2 Å². The highest BCUT2D eigenvalue weighted by Crippen LogP contribution is 2.17. The number of nitrogens with zero attached hydrogens (tertiary/aromatic N) is 2.